The van der Waals surface area contributed by atoms with E-state index in [2.05, 4.69) is 17.2 Å². The molecule has 0 saturated heterocycles. The maximum atomic E-state index is 12.1. The molecule has 0 saturated carbocycles. The summed E-state index contributed by atoms with van der Waals surface area (Å²) in [5.74, 6) is 5.64. The Bertz CT molecular complexity index is 710. The minimum atomic E-state index is -0.223. The number of phenols is 1. The number of benzene rings is 2. The van der Waals surface area contributed by atoms with Crippen LogP contribution in [0, 0.1) is 18.8 Å². The molecule has 4 nitrogen and oxygen atoms in total. The number of nitrogens with one attached hydrogen (secondary N) is 1. The van der Waals surface area contributed by atoms with Gasteiger partial charge < -0.3 is 16.2 Å². The summed E-state index contributed by atoms with van der Waals surface area (Å²) in [6, 6.07) is 11.6. The van der Waals surface area contributed by atoms with E-state index in [1.807, 2.05) is 25.1 Å². The van der Waals surface area contributed by atoms with Crippen LogP contribution < -0.4 is 11.1 Å². The summed E-state index contributed by atoms with van der Waals surface area (Å²) in [4.78, 5) is 12.1. The zero-order valence-corrected chi connectivity index (χ0v) is 11.7. The van der Waals surface area contributed by atoms with Gasteiger partial charge in [-0.3, -0.25) is 4.79 Å². The summed E-state index contributed by atoms with van der Waals surface area (Å²) in [5.41, 5.74) is 8.33. The molecule has 2 aromatic rings. The molecule has 4 heteroatoms. The summed E-state index contributed by atoms with van der Waals surface area (Å²) in [5, 5.41) is 12.1. The molecule has 0 aliphatic carbocycles. The van der Waals surface area contributed by atoms with Crippen LogP contribution in [0.3, 0.4) is 0 Å². The average Bonchev–Trinajstić information content (AvgIpc) is 2.48. The van der Waals surface area contributed by atoms with E-state index in [0.717, 1.165) is 16.8 Å². The molecule has 0 atom stereocenters. The van der Waals surface area contributed by atoms with Gasteiger partial charge in [-0.25, -0.2) is 0 Å². The highest BCUT2D eigenvalue weighted by Crippen LogP contribution is 2.18. The number of rotatable bonds is 2. The zero-order valence-electron chi connectivity index (χ0n) is 11.7. The first kappa shape index (κ1) is 14.6. The van der Waals surface area contributed by atoms with Gasteiger partial charge in [0.25, 0.3) is 5.91 Å². The van der Waals surface area contributed by atoms with Crippen LogP contribution in [-0.4, -0.2) is 17.6 Å². The van der Waals surface area contributed by atoms with Crippen LogP contribution in [-0.2, 0) is 0 Å². The fourth-order valence-corrected chi connectivity index (χ4v) is 1.84. The molecule has 0 spiro atoms. The molecule has 0 radical (unpaired) electrons. The van der Waals surface area contributed by atoms with Crippen molar-refractivity contribution >= 4 is 11.6 Å². The summed E-state index contributed by atoms with van der Waals surface area (Å²) >= 11 is 0. The fourth-order valence-electron chi connectivity index (χ4n) is 1.84. The van der Waals surface area contributed by atoms with Crippen molar-refractivity contribution in [2.75, 3.05) is 11.9 Å². The van der Waals surface area contributed by atoms with Crippen molar-refractivity contribution in [2.24, 2.45) is 5.73 Å². The Morgan fingerprint density at radius 2 is 1.95 bits per heavy atom. The summed E-state index contributed by atoms with van der Waals surface area (Å²) in [6.45, 7) is 2.22. The Kier molecular flexibility index (Phi) is 4.60. The maximum absolute atomic E-state index is 12.1. The molecule has 106 valence electrons. The van der Waals surface area contributed by atoms with Gasteiger partial charge in [0.2, 0.25) is 0 Å². The summed E-state index contributed by atoms with van der Waals surface area (Å²) in [6.07, 6.45) is 0. The van der Waals surface area contributed by atoms with E-state index in [0.29, 0.717) is 12.1 Å². The van der Waals surface area contributed by atoms with Crippen LogP contribution in [0.25, 0.3) is 0 Å². The Labute approximate surface area is 123 Å². The van der Waals surface area contributed by atoms with Crippen LogP contribution in [0.4, 0.5) is 5.69 Å². The van der Waals surface area contributed by atoms with Crippen LogP contribution in [0.5, 0.6) is 5.75 Å². The predicted molar refractivity (Wildman–Crippen MR) is 83.2 cm³/mol. The lowest BCUT2D eigenvalue weighted by Crippen LogP contribution is -2.12. The third kappa shape index (κ3) is 3.85. The Morgan fingerprint density at radius 1 is 1.24 bits per heavy atom. The molecule has 21 heavy (non-hydrogen) atoms. The van der Waals surface area contributed by atoms with Crippen LogP contribution >= 0.6 is 0 Å². The van der Waals surface area contributed by atoms with Crippen LogP contribution in [0.15, 0.2) is 42.5 Å². The lowest BCUT2D eigenvalue weighted by atomic mass is 10.1. The van der Waals surface area contributed by atoms with Gasteiger partial charge in [0, 0.05) is 16.8 Å². The molecular formula is C17H16N2O2. The zero-order chi connectivity index (χ0) is 15.2. The van der Waals surface area contributed by atoms with Gasteiger partial charge in [-0.1, -0.05) is 11.8 Å². The lowest BCUT2D eigenvalue weighted by Gasteiger charge is -2.09. The molecular weight excluding hydrogens is 264 g/mol. The van der Waals surface area contributed by atoms with Crippen molar-refractivity contribution in [3.05, 3.63) is 59.2 Å². The molecule has 0 bridgehead atoms. The minimum Gasteiger partial charge on any atom is -0.508 e. The minimum absolute atomic E-state index is 0.130. The molecule has 1 amide bonds. The third-order valence-electron chi connectivity index (χ3n) is 2.94. The highest BCUT2D eigenvalue weighted by Gasteiger charge is 2.07. The second-order valence-corrected chi connectivity index (χ2v) is 4.54. The first-order valence-corrected chi connectivity index (χ1v) is 6.50. The number of aromatic hydroxyl groups is 1. The number of hydrogen-bond donors (Lipinski definition) is 3. The number of phenolic OH excluding ortho intramolecular Hbond substituents is 1. The van der Waals surface area contributed by atoms with Crippen molar-refractivity contribution < 1.29 is 9.90 Å². The largest absolute Gasteiger partial charge is 0.508 e. The Balaban J connectivity index is 2.16. The summed E-state index contributed by atoms with van der Waals surface area (Å²) < 4.78 is 0. The predicted octanol–water partition coefficient (Wildman–Crippen LogP) is 2.26. The van der Waals surface area contributed by atoms with Gasteiger partial charge in [0.05, 0.1) is 6.54 Å². The molecule has 2 aromatic carbocycles. The Morgan fingerprint density at radius 3 is 2.57 bits per heavy atom. The van der Waals surface area contributed by atoms with Gasteiger partial charge >= 0.3 is 0 Å². The van der Waals surface area contributed by atoms with E-state index in [4.69, 9.17) is 5.73 Å². The second-order valence-electron chi connectivity index (χ2n) is 4.54. The quantitative estimate of drug-likeness (QED) is 0.739. The van der Waals surface area contributed by atoms with Gasteiger partial charge in [0.15, 0.2) is 0 Å². The topological polar surface area (TPSA) is 75.3 Å². The molecule has 0 aromatic heterocycles. The number of amides is 1. The maximum Gasteiger partial charge on any atom is 0.255 e. The Hall–Kier alpha value is -2.77. The lowest BCUT2D eigenvalue weighted by molar-refractivity contribution is 0.102. The van der Waals surface area contributed by atoms with Crippen LogP contribution in [0.2, 0.25) is 0 Å². The van der Waals surface area contributed by atoms with E-state index in [1.54, 1.807) is 12.1 Å². The van der Waals surface area contributed by atoms with Gasteiger partial charge in [-0.05, 0) is 55.0 Å². The number of hydrogen-bond acceptors (Lipinski definition) is 3. The van der Waals surface area contributed by atoms with E-state index in [9.17, 15) is 9.90 Å². The third-order valence-corrected chi connectivity index (χ3v) is 2.94. The van der Waals surface area contributed by atoms with E-state index in [-0.39, 0.29) is 11.7 Å². The standard InChI is InChI=1S/C17H16N2O2/c1-12-11-13(3-2-10-18)4-9-16(12)19-17(21)14-5-7-15(20)8-6-14/h4-9,11,20H,10,18H2,1H3,(H,19,21). The fraction of sp³-hybridized carbons (Fsp3) is 0.118. The smallest absolute Gasteiger partial charge is 0.255 e. The molecule has 0 aliphatic rings. The number of aryl methyl sites for hydroxylation is 1. The first-order chi connectivity index (χ1) is 10.1. The number of anilines is 1. The molecule has 0 heterocycles. The SMILES string of the molecule is Cc1cc(C#CCN)ccc1NC(=O)c1ccc(O)cc1. The van der Waals surface area contributed by atoms with Crippen molar-refractivity contribution in [1.29, 1.82) is 0 Å². The van der Waals surface area contributed by atoms with Crippen LogP contribution in [0.1, 0.15) is 21.5 Å². The van der Waals surface area contributed by atoms with E-state index in [1.165, 1.54) is 12.1 Å². The van der Waals surface area contributed by atoms with E-state index >= 15 is 0 Å². The number of carbonyl (C=O) groups excluding carboxylic acids is 1. The molecule has 0 unspecified atom stereocenters. The van der Waals surface area contributed by atoms with Crippen molar-refractivity contribution in [1.82, 2.24) is 0 Å². The van der Waals surface area contributed by atoms with Gasteiger partial charge in [0.1, 0.15) is 5.75 Å². The molecule has 0 aliphatic heterocycles. The second kappa shape index (κ2) is 6.60. The van der Waals surface area contributed by atoms with E-state index < -0.39 is 0 Å². The molecule has 2 rings (SSSR count). The van der Waals surface area contributed by atoms with Gasteiger partial charge in [-0.2, -0.15) is 0 Å². The molecule has 0 fully saturated rings. The summed E-state index contributed by atoms with van der Waals surface area (Å²) in [7, 11) is 0. The number of carbonyl (C=O) groups is 1. The van der Waals surface area contributed by atoms with Gasteiger partial charge in [-0.15, -0.1) is 0 Å². The first-order valence-electron chi connectivity index (χ1n) is 6.50. The normalized spacial score (nSPS) is 9.62. The van der Waals surface area contributed by atoms with Crippen molar-refractivity contribution in [3.63, 3.8) is 0 Å². The highest BCUT2D eigenvalue weighted by atomic mass is 16.3. The molecule has 4 N–H and O–H groups in total. The average molecular weight is 280 g/mol. The highest BCUT2D eigenvalue weighted by molar-refractivity contribution is 6.04. The van der Waals surface area contributed by atoms with Crippen molar-refractivity contribution in [2.45, 2.75) is 6.92 Å². The number of nitrogens with two attached hydrogens (primary N) is 1. The van der Waals surface area contributed by atoms with Crippen molar-refractivity contribution in [3.8, 4) is 17.6 Å². The monoisotopic (exact) mass is 280 g/mol.